The van der Waals surface area contributed by atoms with E-state index in [9.17, 15) is 14.1 Å². The number of hydrogen-bond acceptors (Lipinski definition) is 5. The van der Waals surface area contributed by atoms with E-state index < -0.39 is 27.6 Å². The number of nitrogens with two attached hydrogens (primary N) is 1. The first-order chi connectivity index (χ1) is 14.8. The molecule has 7 nitrogen and oxygen atoms in total. The number of phenolic OH excluding ortho intramolecular Hbond substituents is 1. The summed E-state index contributed by atoms with van der Waals surface area (Å²) in [7, 11) is -1.49. The molecule has 3 N–H and O–H groups in total. The fraction of sp³-hybridized carbons (Fsp3) is 0.708. The molecule has 1 amide bonds. The van der Waals surface area contributed by atoms with Crippen LogP contribution in [0.4, 0.5) is 0 Å². The third kappa shape index (κ3) is 5.53. The average molecular weight is 467 g/mol. The van der Waals surface area contributed by atoms with E-state index in [1.165, 1.54) is 0 Å². The van der Waals surface area contributed by atoms with Crippen LogP contribution in [0.25, 0.3) is 0 Å². The predicted octanol–water partition coefficient (Wildman–Crippen LogP) is 3.27. The summed E-state index contributed by atoms with van der Waals surface area (Å²) < 4.78 is 22.9. The van der Waals surface area contributed by atoms with E-state index in [4.69, 9.17) is 14.6 Å². The summed E-state index contributed by atoms with van der Waals surface area (Å²) in [4.78, 5) is 14.8. The van der Waals surface area contributed by atoms with Crippen LogP contribution in [0.2, 0.25) is 0 Å². The second kappa shape index (κ2) is 9.41. The van der Waals surface area contributed by atoms with Gasteiger partial charge in [0.25, 0.3) is 5.91 Å². The summed E-state index contributed by atoms with van der Waals surface area (Å²) in [6, 6.07) is 3.86. The van der Waals surface area contributed by atoms with Gasteiger partial charge in [-0.25, -0.2) is 4.21 Å². The lowest BCUT2D eigenvalue weighted by molar-refractivity contribution is -0.161. The van der Waals surface area contributed by atoms with Gasteiger partial charge in [0, 0.05) is 13.1 Å². The van der Waals surface area contributed by atoms with E-state index in [1.807, 2.05) is 58.6 Å². The molecule has 0 aromatic heterocycles. The largest absolute Gasteiger partial charge is 0.508 e. The molecule has 3 rings (SSSR count). The van der Waals surface area contributed by atoms with Crippen molar-refractivity contribution >= 4 is 16.9 Å². The number of carbonyl (C=O) groups is 1. The average Bonchev–Trinajstić information content (AvgIpc) is 3.08. The molecule has 1 aromatic rings. The number of aromatic hydroxyl groups is 1. The van der Waals surface area contributed by atoms with Gasteiger partial charge in [0.15, 0.2) is 11.9 Å². The number of phenols is 1. The Balaban J connectivity index is 1.78. The van der Waals surface area contributed by atoms with Crippen molar-refractivity contribution in [2.75, 3.05) is 19.7 Å². The van der Waals surface area contributed by atoms with Crippen LogP contribution in [-0.4, -0.2) is 56.5 Å². The SMILES string of the molecule is Cc1cc(O)c([C@H](CC(C)(C)S(N)=O)C2CCN(C(=O)[C@H]3COC(C)(C)O3)CC2)cc1C. The maximum atomic E-state index is 12.9. The topological polar surface area (TPSA) is 102 Å². The Bertz CT molecular complexity index is 877. The third-order valence-corrected chi connectivity index (χ3v) is 8.26. The molecule has 8 heteroatoms. The van der Waals surface area contributed by atoms with Crippen LogP contribution in [0.15, 0.2) is 12.1 Å². The minimum Gasteiger partial charge on any atom is -0.508 e. The number of likely N-dealkylation sites (tertiary alicyclic amines) is 1. The predicted molar refractivity (Wildman–Crippen MR) is 126 cm³/mol. The van der Waals surface area contributed by atoms with Gasteiger partial charge in [-0.15, -0.1) is 0 Å². The molecule has 2 aliphatic rings. The summed E-state index contributed by atoms with van der Waals surface area (Å²) >= 11 is 0. The maximum absolute atomic E-state index is 12.9. The van der Waals surface area contributed by atoms with Gasteiger partial charge >= 0.3 is 0 Å². The number of amides is 1. The lowest BCUT2D eigenvalue weighted by Gasteiger charge is -2.39. The van der Waals surface area contributed by atoms with Gasteiger partial charge in [0.05, 0.1) is 22.3 Å². The van der Waals surface area contributed by atoms with Crippen LogP contribution in [0.5, 0.6) is 5.75 Å². The van der Waals surface area contributed by atoms with Gasteiger partial charge in [-0.1, -0.05) is 6.07 Å². The van der Waals surface area contributed by atoms with E-state index in [0.29, 0.717) is 19.5 Å². The highest BCUT2D eigenvalue weighted by Gasteiger charge is 2.41. The first kappa shape index (κ1) is 25.1. The summed E-state index contributed by atoms with van der Waals surface area (Å²) in [6.45, 7) is 13.0. The van der Waals surface area contributed by atoms with E-state index in [2.05, 4.69) is 0 Å². The van der Waals surface area contributed by atoms with E-state index in [0.717, 1.165) is 29.5 Å². The molecule has 2 heterocycles. The zero-order valence-electron chi connectivity index (χ0n) is 20.1. The van der Waals surface area contributed by atoms with Crippen LogP contribution in [-0.2, 0) is 25.3 Å². The summed E-state index contributed by atoms with van der Waals surface area (Å²) in [5, 5.41) is 16.6. The van der Waals surface area contributed by atoms with Crippen molar-refractivity contribution in [2.24, 2.45) is 11.1 Å². The van der Waals surface area contributed by atoms with Crippen LogP contribution in [0.1, 0.15) is 69.6 Å². The second-order valence-electron chi connectivity index (χ2n) is 10.3. The molecular weight excluding hydrogens is 428 g/mol. The van der Waals surface area contributed by atoms with Crippen molar-refractivity contribution in [3.63, 3.8) is 0 Å². The number of hydrogen-bond donors (Lipinski definition) is 2. The minimum atomic E-state index is -1.49. The van der Waals surface area contributed by atoms with Crippen molar-refractivity contribution < 1.29 is 23.6 Å². The highest BCUT2D eigenvalue weighted by molar-refractivity contribution is 7.84. The monoisotopic (exact) mass is 466 g/mol. The Hall–Kier alpha value is -1.48. The summed E-state index contributed by atoms with van der Waals surface area (Å²) in [6.07, 6.45) is 1.64. The maximum Gasteiger partial charge on any atom is 0.254 e. The first-order valence-corrected chi connectivity index (χ1v) is 12.6. The Morgan fingerprint density at radius 1 is 1.28 bits per heavy atom. The van der Waals surface area contributed by atoms with Gasteiger partial charge < -0.3 is 19.5 Å². The molecule has 1 aromatic carbocycles. The van der Waals surface area contributed by atoms with Crippen LogP contribution in [0.3, 0.4) is 0 Å². The van der Waals surface area contributed by atoms with E-state index >= 15 is 0 Å². The van der Waals surface area contributed by atoms with Gasteiger partial charge in [-0.3, -0.25) is 9.93 Å². The lowest BCUT2D eigenvalue weighted by atomic mass is 9.75. The zero-order valence-corrected chi connectivity index (χ0v) is 21.0. The number of aryl methyl sites for hydroxylation is 2. The van der Waals surface area contributed by atoms with Gasteiger partial charge in [-0.2, -0.15) is 0 Å². The molecule has 0 aliphatic carbocycles. The van der Waals surface area contributed by atoms with Crippen LogP contribution in [0, 0.1) is 19.8 Å². The van der Waals surface area contributed by atoms with Gasteiger partial charge in [0.1, 0.15) is 5.75 Å². The lowest BCUT2D eigenvalue weighted by Crippen LogP contribution is -2.46. The molecule has 0 spiro atoms. The zero-order chi connectivity index (χ0) is 23.8. The van der Waals surface area contributed by atoms with Gasteiger partial charge in [-0.05, 0) is 95.4 Å². The van der Waals surface area contributed by atoms with Crippen LogP contribution < -0.4 is 5.14 Å². The molecule has 1 unspecified atom stereocenters. The molecule has 2 aliphatic heterocycles. The number of benzene rings is 1. The molecule has 0 radical (unpaired) electrons. The molecule has 2 saturated heterocycles. The minimum absolute atomic E-state index is 0.000880. The number of rotatable bonds is 6. The highest BCUT2D eigenvalue weighted by Crippen LogP contribution is 2.43. The molecule has 2 fully saturated rings. The Labute approximate surface area is 194 Å². The Morgan fingerprint density at radius 3 is 2.41 bits per heavy atom. The molecule has 32 heavy (non-hydrogen) atoms. The number of nitrogens with zero attached hydrogens (tertiary/aromatic N) is 1. The van der Waals surface area contributed by atoms with Crippen molar-refractivity contribution in [1.82, 2.24) is 4.90 Å². The normalized spacial score (nSPS) is 23.8. The third-order valence-electron chi connectivity index (χ3n) is 7.00. The quantitative estimate of drug-likeness (QED) is 0.670. The van der Waals surface area contributed by atoms with Crippen LogP contribution >= 0.6 is 0 Å². The molecule has 0 saturated carbocycles. The van der Waals surface area contributed by atoms with E-state index in [1.54, 1.807) is 0 Å². The fourth-order valence-corrected chi connectivity index (χ4v) is 5.14. The second-order valence-corrected chi connectivity index (χ2v) is 12.0. The fourth-order valence-electron chi connectivity index (χ4n) is 4.80. The summed E-state index contributed by atoms with van der Waals surface area (Å²) in [5.74, 6) is -0.239. The number of piperidine rings is 1. The Kier molecular flexibility index (Phi) is 7.39. The van der Waals surface area contributed by atoms with Crippen molar-refractivity contribution in [2.45, 2.75) is 83.4 Å². The molecular formula is C24H38N2O5S. The smallest absolute Gasteiger partial charge is 0.254 e. The Morgan fingerprint density at radius 2 is 1.88 bits per heavy atom. The first-order valence-electron chi connectivity index (χ1n) is 11.4. The standard InChI is InChI=1S/C24H38N2O5S/c1-15-11-18(20(27)12-16(15)2)19(13-23(3,4)32(25)29)17-7-9-26(10-8-17)22(28)21-14-30-24(5,6)31-21/h11-12,17,19,21,27H,7-10,13-14,25H2,1-6H3/t19-,21-,32?/m1/s1. The number of carbonyl (C=O) groups excluding carboxylic acids is 1. The highest BCUT2D eigenvalue weighted by atomic mass is 32.2. The van der Waals surface area contributed by atoms with Gasteiger partial charge in [0.2, 0.25) is 0 Å². The number of ether oxygens (including phenoxy) is 2. The molecule has 0 bridgehead atoms. The molecule has 3 atom stereocenters. The van der Waals surface area contributed by atoms with Crippen molar-refractivity contribution in [3.05, 3.63) is 28.8 Å². The van der Waals surface area contributed by atoms with Crippen molar-refractivity contribution in [1.29, 1.82) is 0 Å². The van der Waals surface area contributed by atoms with E-state index in [-0.39, 0.29) is 30.1 Å². The molecule has 180 valence electrons. The summed E-state index contributed by atoms with van der Waals surface area (Å²) in [5.41, 5.74) is 3.03. The van der Waals surface area contributed by atoms with Crippen molar-refractivity contribution in [3.8, 4) is 5.75 Å².